The average molecular weight is 533 g/mol. The molecular weight excluding hydrogens is 500 g/mol. The van der Waals surface area contributed by atoms with Crippen molar-refractivity contribution in [2.45, 2.75) is 39.5 Å². The SMILES string of the molecule is CCP(=O)(CC)c1cc(C(=O)N[C@H](C)c2ccc(-c3cc(C(F)(F)F)ccc3CN)cc2)ccc1OC. The van der Waals surface area contributed by atoms with Crippen molar-refractivity contribution in [2.75, 3.05) is 19.4 Å². The highest BCUT2D eigenvalue weighted by atomic mass is 31.2. The molecule has 3 aromatic rings. The van der Waals surface area contributed by atoms with Crippen molar-refractivity contribution in [3.05, 3.63) is 82.9 Å². The van der Waals surface area contributed by atoms with Gasteiger partial charge in [0.15, 0.2) is 0 Å². The van der Waals surface area contributed by atoms with Gasteiger partial charge in [0.2, 0.25) is 0 Å². The molecule has 5 nitrogen and oxygen atoms in total. The van der Waals surface area contributed by atoms with Gasteiger partial charge in [0, 0.05) is 24.4 Å². The highest BCUT2D eigenvalue weighted by Crippen LogP contribution is 2.46. The molecule has 0 heterocycles. The van der Waals surface area contributed by atoms with Crippen molar-refractivity contribution >= 4 is 18.4 Å². The first-order valence-corrected chi connectivity index (χ1v) is 14.1. The molecule has 0 saturated carbocycles. The summed E-state index contributed by atoms with van der Waals surface area (Å²) in [5.74, 6) is 0.168. The topological polar surface area (TPSA) is 81.4 Å². The number of hydrogen-bond donors (Lipinski definition) is 2. The molecule has 3 N–H and O–H groups in total. The molecule has 0 aliphatic carbocycles. The van der Waals surface area contributed by atoms with E-state index in [4.69, 9.17) is 10.5 Å². The summed E-state index contributed by atoms with van der Waals surface area (Å²) in [5.41, 5.74) is 7.79. The van der Waals surface area contributed by atoms with Crippen LogP contribution in [0.15, 0.2) is 60.7 Å². The van der Waals surface area contributed by atoms with E-state index in [1.807, 2.05) is 20.8 Å². The molecule has 0 aliphatic heterocycles. The van der Waals surface area contributed by atoms with Gasteiger partial charge in [-0.15, -0.1) is 0 Å². The molecule has 0 bridgehead atoms. The number of ether oxygens (including phenoxy) is 1. The number of rotatable bonds is 9. The van der Waals surface area contributed by atoms with Gasteiger partial charge >= 0.3 is 6.18 Å². The Balaban J connectivity index is 1.84. The van der Waals surface area contributed by atoms with Crippen LogP contribution in [0.3, 0.4) is 0 Å². The summed E-state index contributed by atoms with van der Waals surface area (Å²) >= 11 is 0. The van der Waals surface area contributed by atoms with Crippen molar-refractivity contribution in [3.63, 3.8) is 0 Å². The van der Waals surface area contributed by atoms with Crippen LogP contribution in [-0.2, 0) is 17.3 Å². The third-order valence-corrected chi connectivity index (χ3v) is 9.90. The van der Waals surface area contributed by atoms with E-state index in [9.17, 15) is 22.5 Å². The van der Waals surface area contributed by atoms with Crippen molar-refractivity contribution < 1.29 is 27.3 Å². The number of nitrogens with two attached hydrogens (primary N) is 1. The Bertz CT molecular complexity index is 1300. The number of amides is 1. The normalized spacial score (nSPS) is 12.8. The van der Waals surface area contributed by atoms with Crippen LogP contribution >= 0.6 is 7.14 Å². The zero-order valence-electron chi connectivity index (χ0n) is 21.4. The van der Waals surface area contributed by atoms with Crippen LogP contribution in [0.1, 0.15) is 53.9 Å². The minimum atomic E-state index is -4.45. The van der Waals surface area contributed by atoms with Gasteiger partial charge in [-0.3, -0.25) is 4.79 Å². The van der Waals surface area contributed by atoms with Crippen LogP contribution < -0.4 is 21.1 Å². The fourth-order valence-electron chi connectivity index (χ4n) is 4.23. The second kappa shape index (κ2) is 11.5. The zero-order valence-corrected chi connectivity index (χ0v) is 22.2. The van der Waals surface area contributed by atoms with E-state index in [2.05, 4.69) is 5.32 Å². The van der Waals surface area contributed by atoms with Crippen LogP contribution in [-0.4, -0.2) is 25.3 Å². The van der Waals surface area contributed by atoms with E-state index in [0.29, 0.717) is 45.6 Å². The number of halogens is 3. The number of carbonyl (C=O) groups is 1. The molecule has 37 heavy (non-hydrogen) atoms. The minimum Gasteiger partial charge on any atom is -0.496 e. The van der Waals surface area contributed by atoms with Gasteiger partial charge in [-0.2, -0.15) is 13.2 Å². The maximum absolute atomic E-state index is 13.3. The maximum atomic E-state index is 13.3. The molecule has 0 unspecified atom stereocenters. The van der Waals surface area contributed by atoms with E-state index in [1.54, 1.807) is 42.5 Å². The van der Waals surface area contributed by atoms with Crippen molar-refractivity contribution in [3.8, 4) is 16.9 Å². The smallest absolute Gasteiger partial charge is 0.416 e. The number of hydrogen-bond acceptors (Lipinski definition) is 4. The lowest BCUT2D eigenvalue weighted by atomic mass is 9.95. The molecule has 0 aliphatic rings. The number of methoxy groups -OCH3 is 1. The molecule has 3 rings (SSSR count). The lowest BCUT2D eigenvalue weighted by Crippen LogP contribution is -2.27. The fraction of sp³-hybridized carbons (Fsp3) is 0.321. The molecule has 1 amide bonds. The lowest BCUT2D eigenvalue weighted by Gasteiger charge is -2.20. The third kappa shape index (κ3) is 6.25. The monoisotopic (exact) mass is 532 g/mol. The van der Waals surface area contributed by atoms with Gasteiger partial charge < -0.3 is 20.4 Å². The maximum Gasteiger partial charge on any atom is 0.416 e. The Hall–Kier alpha value is -3.09. The second-order valence-electron chi connectivity index (χ2n) is 8.80. The molecule has 198 valence electrons. The summed E-state index contributed by atoms with van der Waals surface area (Å²) in [5, 5.41) is 3.49. The summed E-state index contributed by atoms with van der Waals surface area (Å²) < 4.78 is 58.4. The third-order valence-electron chi connectivity index (χ3n) is 6.63. The largest absolute Gasteiger partial charge is 0.496 e. The van der Waals surface area contributed by atoms with Crippen LogP contribution in [0.5, 0.6) is 5.75 Å². The van der Waals surface area contributed by atoms with Crippen LogP contribution in [0.2, 0.25) is 0 Å². The van der Waals surface area contributed by atoms with Gasteiger partial charge in [0.1, 0.15) is 12.9 Å². The van der Waals surface area contributed by atoms with Crippen LogP contribution in [0.25, 0.3) is 11.1 Å². The van der Waals surface area contributed by atoms with E-state index in [1.165, 1.54) is 13.2 Å². The Kier molecular flexibility index (Phi) is 8.88. The van der Waals surface area contributed by atoms with Crippen LogP contribution in [0.4, 0.5) is 13.2 Å². The Labute approximate surface area is 215 Å². The van der Waals surface area contributed by atoms with E-state index in [0.717, 1.165) is 17.7 Å². The predicted octanol–water partition coefficient (Wildman–Crippen LogP) is 6.36. The summed E-state index contributed by atoms with van der Waals surface area (Å²) in [7, 11) is -1.18. The number of benzene rings is 3. The zero-order chi connectivity index (χ0) is 27.4. The molecule has 0 spiro atoms. The first-order valence-electron chi connectivity index (χ1n) is 12.1. The van der Waals surface area contributed by atoms with Gasteiger partial charge in [-0.1, -0.05) is 44.2 Å². The molecule has 1 atom stereocenters. The molecule has 0 radical (unpaired) electrons. The lowest BCUT2D eigenvalue weighted by molar-refractivity contribution is -0.137. The van der Waals surface area contributed by atoms with Gasteiger partial charge in [-0.05, 0) is 59.5 Å². The van der Waals surface area contributed by atoms with Crippen molar-refractivity contribution in [2.24, 2.45) is 5.73 Å². The Morgan fingerprint density at radius 1 is 1.03 bits per heavy atom. The van der Waals surface area contributed by atoms with Gasteiger partial charge in [-0.25, -0.2) is 0 Å². The predicted molar refractivity (Wildman–Crippen MR) is 142 cm³/mol. The molecule has 0 aromatic heterocycles. The number of carbonyl (C=O) groups excluding carboxylic acids is 1. The standard InChI is InChI=1S/C28H32F3N2O3P/c1-5-37(35,6-2)26-15-21(12-14-25(26)36-4)27(34)33-18(3)19-7-9-20(10-8-19)24-16-23(28(29,30)31)13-11-22(24)17-32/h7-16,18H,5-6,17,32H2,1-4H3,(H,33,34)/t18-/m1/s1. The average Bonchev–Trinajstić information content (AvgIpc) is 2.91. The number of alkyl halides is 3. The van der Waals surface area contributed by atoms with Crippen molar-refractivity contribution in [1.82, 2.24) is 5.32 Å². The fourth-order valence-corrected chi connectivity index (χ4v) is 6.30. The molecule has 0 saturated heterocycles. The summed E-state index contributed by atoms with van der Waals surface area (Å²) in [6.45, 7) is 5.64. The van der Waals surface area contributed by atoms with E-state index >= 15 is 0 Å². The highest BCUT2D eigenvalue weighted by Gasteiger charge is 2.31. The quantitative estimate of drug-likeness (QED) is 0.314. The highest BCUT2D eigenvalue weighted by molar-refractivity contribution is 7.71. The summed E-state index contributed by atoms with van der Waals surface area (Å²) in [4.78, 5) is 13.0. The summed E-state index contributed by atoms with van der Waals surface area (Å²) in [6, 6.07) is 15.0. The Morgan fingerprint density at radius 3 is 2.22 bits per heavy atom. The van der Waals surface area contributed by atoms with Gasteiger partial charge in [0.05, 0.1) is 24.0 Å². The molecule has 3 aromatic carbocycles. The molecule has 9 heteroatoms. The Morgan fingerprint density at radius 2 is 1.68 bits per heavy atom. The molecule has 0 fully saturated rings. The van der Waals surface area contributed by atoms with Crippen LogP contribution in [0, 0.1) is 0 Å². The van der Waals surface area contributed by atoms with E-state index < -0.39 is 18.9 Å². The van der Waals surface area contributed by atoms with Gasteiger partial charge in [0.25, 0.3) is 5.91 Å². The molecular formula is C28H32F3N2O3P. The van der Waals surface area contributed by atoms with Crippen molar-refractivity contribution in [1.29, 1.82) is 0 Å². The second-order valence-corrected chi connectivity index (χ2v) is 12.3. The number of nitrogens with one attached hydrogen (secondary N) is 1. The summed E-state index contributed by atoms with van der Waals surface area (Å²) in [6.07, 6.45) is -3.53. The first-order chi connectivity index (χ1) is 17.5. The first kappa shape index (κ1) is 28.5. The van der Waals surface area contributed by atoms with E-state index in [-0.39, 0.29) is 18.5 Å². The minimum absolute atomic E-state index is 0.106.